The summed E-state index contributed by atoms with van der Waals surface area (Å²) in [4.78, 5) is 42.9. The maximum absolute atomic E-state index is 13.9. The fourth-order valence-electron chi connectivity index (χ4n) is 6.61. The highest BCUT2D eigenvalue weighted by atomic mass is 16.5. The fraction of sp³-hybridized carbons (Fsp3) is 0.536. The number of hydrogen-bond donors (Lipinski definition) is 5. The number of likely N-dealkylation sites (N-methyl/N-ethyl adjacent to an activating group) is 1. The van der Waals surface area contributed by atoms with Crippen molar-refractivity contribution in [3.63, 3.8) is 0 Å². The number of amides is 1. The maximum atomic E-state index is 13.9. The van der Waals surface area contributed by atoms with Gasteiger partial charge in [-0.3, -0.25) is 24.2 Å². The smallest absolute Gasteiger partial charge is 0.255 e. The van der Waals surface area contributed by atoms with Gasteiger partial charge in [-0.25, -0.2) is 0 Å². The topological polar surface area (TPSA) is 174 Å². The first-order chi connectivity index (χ1) is 18.2. The van der Waals surface area contributed by atoms with Gasteiger partial charge in [-0.05, 0) is 59.3 Å². The van der Waals surface area contributed by atoms with E-state index in [1.807, 2.05) is 6.92 Å². The number of carbonyl (C=O) groups excluding carboxylic acids is 3. The summed E-state index contributed by atoms with van der Waals surface area (Å²) in [5, 5.41) is 45.0. The molecule has 11 nitrogen and oxygen atoms in total. The SMILES string of the molecule is CCN(Cc1cc(O)c2c(c1OC)C[C@H]1C[C@H]3[C@H](N(C)C)C(=O)C(C(N)=O)=C(O)[C@@]3(O)C(=O)C1=C2O)C(C)C. The fourth-order valence-corrected chi connectivity index (χ4v) is 6.61. The number of phenolic OH excluding ortho intramolecular Hbond substituents is 1. The largest absolute Gasteiger partial charge is 0.508 e. The van der Waals surface area contributed by atoms with Crippen molar-refractivity contribution in [3.8, 4) is 11.5 Å². The lowest BCUT2D eigenvalue weighted by atomic mass is 9.57. The number of aliphatic hydroxyl groups excluding tert-OH is 2. The van der Waals surface area contributed by atoms with Crippen LogP contribution in [0.2, 0.25) is 0 Å². The van der Waals surface area contributed by atoms with Gasteiger partial charge in [-0.1, -0.05) is 6.92 Å². The Balaban J connectivity index is 1.93. The minimum absolute atomic E-state index is 0.0134. The number of carbonyl (C=O) groups is 3. The summed E-state index contributed by atoms with van der Waals surface area (Å²) in [6.45, 7) is 7.39. The van der Waals surface area contributed by atoms with Crippen molar-refractivity contribution < 1.29 is 39.5 Å². The number of hydrogen-bond acceptors (Lipinski definition) is 10. The number of phenols is 1. The van der Waals surface area contributed by atoms with Crippen LogP contribution in [0.5, 0.6) is 11.5 Å². The number of primary amides is 1. The number of nitrogens with zero attached hydrogens (tertiary/aromatic N) is 2. The lowest BCUT2D eigenvalue weighted by molar-refractivity contribution is -0.153. The molecule has 0 radical (unpaired) electrons. The monoisotopic (exact) mass is 543 g/mol. The van der Waals surface area contributed by atoms with E-state index in [0.717, 1.165) is 6.54 Å². The van der Waals surface area contributed by atoms with Gasteiger partial charge in [0, 0.05) is 35.2 Å². The van der Waals surface area contributed by atoms with E-state index in [2.05, 4.69) is 18.7 Å². The molecular formula is C28H37N3O8. The van der Waals surface area contributed by atoms with Crippen molar-refractivity contribution in [2.75, 3.05) is 27.7 Å². The lowest BCUT2D eigenvalue weighted by Gasteiger charge is -2.50. The molecule has 1 aromatic carbocycles. The maximum Gasteiger partial charge on any atom is 0.255 e. The van der Waals surface area contributed by atoms with Crippen molar-refractivity contribution in [1.29, 1.82) is 0 Å². The van der Waals surface area contributed by atoms with Crippen LogP contribution in [0, 0.1) is 11.8 Å². The van der Waals surface area contributed by atoms with E-state index in [4.69, 9.17) is 10.5 Å². The second kappa shape index (κ2) is 9.96. The minimum Gasteiger partial charge on any atom is -0.508 e. The van der Waals surface area contributed by atoms with Gasteiger partial charge in [0.1, 0.15) is 28.6 Å². The van der Waals surface area contributed by atoms with Gasteiger partial charge in [0.25, 0.3) is 5.91 Å². The number of aliphatic hydroxyl groups is 3. The van der Waals surface area contributed by atoms with Crippen LogP contribution in [0.1, 0.15) is 43.9 Å². The number of fused-ring (bicyclic) bond motifs is 3. The van der Waals surface area contributed by atoms with E-state index in [0.29, 0.717) is 23.4 Å². The van der Waals surface area contributed by atoms with E-state index in [1.54, 1.807) is 14.1 Å². The van der Waals surface area contributed by atoms with Crippen LogP contribution in [0.15, 0.2) is 23.0 Å². The second-order valence-corrected chi connectivity index (χ2v) is 11.1. The molecule has 1 amide bonds. The zero-order valence-electron chi connectivity index (χ0n) is 23.1. The number of benzene rings is 1. The predicted molar refractivity (Wildman–Crippen MR) is 142 cm³/mol. The highest BCUT2D eigenvalue weighted by molar-refractivity contribution is 6.24. The molecule has 212 valence electrons. The van der Waals surface area contributed by atoms with E-state index in [1.165, 1.54) is 18.1 Å². The Labute approximate surface area is 227 Å². The highest BCUT2D eigenvalue weighted by Gasteiger charge is 2.64. The molecule has 0 aliphatic heterocycles. The molecule has 0 spiro atoms. The number of rotatable bonds is 7. The summed E-state index contributed by atoms with van der Waals surface area (Å²) in [6, 6.07) is 0.589. The van der Waals surface area contributed by atoms with E-state index < -0.39 is 58.0 Å². The molecule has 0 heterocycles. The molecule has 4 rings (SSSR count). The number of ketones is 2. The molecular weight excluding hydrogens is 506 g/mol. The Morgan fingerprint density at radius 1 is 1.23 bits per heavy atom. The Kier molecular flexibility index (Phi) is 7.30. The van der Waals surface area contributed by atoms with Gasteiger partial charge >= 0.3 is 0 Å². The van der Waals surface area contributed by atoms with Crippen LogP contribution in [0.3, 0.4) is 0 Å². The number of Topliss-reactive ketones (excluding diaryl/α,β-unsaturated/α-hetero) is 2. The normalized spacial score (nSPS) is 26.8. The van der Waals surface area contributed by atoms with Crippen LogP contribution >= 0.6 is 0 Å². The van der Waals surface area contributed by atoms with Crippen molar-refractivity contribution in [2.45, 2.75) is 57.8 Å². The van der Waals surface area contributed by atoms with Gasteiger partial charge in [-0.2, -0.15) is 0 Å². The summed E-state index contributed by atoms with van der Waals surface area (Å²) in [7, 11) is 4.63. The molecule has 0 unspecified atom stereocenters. The number of nitrogens with two attached hydrogens (primary N) is 1. The summed E-state index contributed by atoms with van der Waals surface area (Å²) in [6.07, 6.45) is 0.194. The zero-order chi connectivity index (χ0) is 29.1. The van der Waals surface area contributed by atoms with Crippen LogP contribution in [0.4, 0.5) is 0 Å². The van der Waals surface area contributed by atoms with Crippen molar-refractivity contribution in [3.05, 3.63) is 39.7 Å². The van der Waals surface area contributed by atoms with Crippen molar-refractivity contribution >= 4 is 23.2 Å². The van der Waals surface area contributed by atoms with Crippen LogP contribution < -0.4 is 10.5 Å². The first-order valence-electron chi connectivity index (χ1n) is 13.0. The molecule has 3 aliphatic carbocycles. The van der Waals surface area contributed by atoms with Crippen LogP contribution in [0.25, 0.3) is 5.76 Å². The second-order valence-electron chi connectivity index (χ2n) is 11.1. The van der Waals surface area contributed by atoms with Crippen LogP contribution in [-0.4, -0.2) is 93.1 Å². The first kappa shape index (κ1) is 28.6. The third-order valence-corrected chi connectivity index (χ3v) is 8.46. The Morgan fingerprint density at radius 2 is 1.87 bits per heavy atom. The summed E-state index contributed by atoms with van der Waals surface area (Å²) in [5.41, 5.74) is 2.91. The third-order valence-electron chi connectivity index (χ3n) is 8.46. The number of methoxy groups -OCH3 is 1. The molecule has 0 saturated heterocycles. The first-order valence-corrected chi connectivity index (χ1v) is 13.0. The van der Waals surface area contributed by atoms with Crippen molar-refractivity contribution in [2.24, 2.45) is 17.6 Å². The average molecular weight is 544 g/mol. The molecule has 11 heteroatoms. The molecule has 0 bridgehead atoms. The highest BCUT2D eigenvalue weighted by Crippen LogP contribution is 2.54. The Hall–Kier alpha value is -3.41. The zero-order valence-corrected chi connectivity index (χ0v) is 23.1. The molecule has 39 heavy (non-hydrogen) atoms. The quantitative estimate of drug-likeness (QED) is 0.314. The van der Waals surface area contributed by atoms with Gasteiger partial charge in [-0.15, -0.1) is 0 Å². The average Bonchev–Trinajstić information content (AvgIpc) is 2.84. The predicted octanol–water partition coefficient (Wildman–Crippen LogP) is 1.20. The Morgan fingerprint density at radius 3 is 2.38 bits per heavy atom. The molecule has 3 aliphatic rings. The van der Waals surface area contributed by atoms with Gasteiger partial charge < -0.3 is 30.9 Å². The number of aromatic hydroxyl groups is 1. The number of ether oxygens (including phenoxy) is 1. The minimum atomic E-state index is -2.66. The Bertz CT molecular complexity index is 1310. The lowest BCUT2D eigenvalue weighted by Crippen LogP contribution is -2.65. The summed E-state index contributed by atoms with van der Waals surface area (Å²) < 4.78 is 5.77. The molecule has 1 saturated carbocycles. The van der Waals surface area contributed by atoms with Gasteiger partial charge in [0.2, 0.25) is 5.78 Å². The van der Waals surface area contributed by atoms with E-state index >= 15 is 0 Å². The summed E-state index contributed by atoms with van der Waals surface area (Å²) >= 11 is 0. The molecule has 1 fully saturated rings. The van der Waals surface area contributed by atoms with Crippen molar-refractivity contribution in [1.82, 2.24) is 9.80 Å². The van der Waals surface area contributed by atoms with Crippen LogP contribution in [-0.2, 0) is 27.3 Å². The molecule has 1 aromatic rings. The third kappa shape index (κ3) is 4.11. The standard InChI is InChI=1S/C28H37N3O8/c1-7-31(12(2)3)11-14-10-17(32)19-15(24(14)39-6)8-13-9-16-21(30(4)5)23(34)20(27(29)37)26(36)28(16,38)25(35)18(13)22(19)33/h10,12-13,16,21,32-33,36,38H,7-9,11H2,1-6H3,(H2,29,37)/t13-,16-,21-,28-/m0/s1. The molecule has 6 N–H and O–H groups in total. The summed E-state index contributed by atoms with van der Waals surface area (Å²) in [5.74, 6) is -6.31. The molecule has 4 atom stereocenters. The van der Waals surface area contributed by atoms with E-state index in [9.17, 15) is 34.8 Å². The van der Waals surface area contributed by atoms with Gasteiger partial charge in [0.15, 0.2) is 11.4 Å². The van der Waals surface area contributed by atoms with E-state index in [-0.39, 0.29) is 35.8 Å². The van der Waals surface area contributed by atoms with Gasteiger partial charge in [0.05, 0.1) is 18.7 Å². The molecule has 0 aromatic heterocycles.